The Labute approximate surface area is 132 Å². The molecule has 22 heavy (non-hydrogen) atoms. The van der Waals surface area contributed by atoms with Gasteiger partial charge in [-0.25, -0.2) is 4.98 Å². The molecule has 3 rings (SSSR count). The van der Waals surface area contributed by atoms with Crippen LogP contribution in [-0.2, 0) is 0 Å². The molecule has 1 aromatic carbocycles. The Morgan fingerprint density at radius 1 is 1.32 bits per heavy atom. The number of nitrogens with zero attached hydrogens (tertiary/aromatic N) is 2. The SMILES string of the molecule is Cc1coc(-c2cccc(N[C@@H]3C[C@H](C)N(C)C[C@H]3C)c2)n1. The molecule has 0 unspecified atom stereocenters. The zero-order chi connectivity index (χ0) is 15.7. The van der Waals surface area contributed by atoms with Crippen LogP contribution in [0.1, 0.15) is 26.0 Å². The van der Waals surface area contributed by atoms with Crippen molar-refractivity contribution in [3.05, 3.63) is 36.2 Å². The molecule has 0 bridgehead atoms. The predicted octanol–water partition coefficient (Wildman–Crippen LogP) is 3.79. The lowest BCUT2D eigenvalue weighted by Crippen LogP contribution is -2.48. The number of aromatic nitrogens is 1. The van der Waals surface area contributed by atoms with Crippen molar-refractivity contribution in [2.75, 3.05) is 18.9 Å². The third-order valence-electron chi connectivity index (χ3n) is 4.69. The van der Waals surface area contributed by atoms with Crippen LogP contribution in [0.3, 0.4) is 0 Å². The average molecular weight is 299 g/mol. The van der Waals surface area contributed by atoms with Crippen molar-refractivity contribution in [3.8, 4) is 11.5 Å². The molecule has 0 amide bonds. The van der Waals surface area contributed by atoms with E-state index in [1.165, 1.54) is 6.42 Å². The highest BCUT2D eigenvalue weighted by molar-refractivity contribution is 5.61. The third kappa shape index (κ3) is 3.17. The lowest BCUT2D eigenvalue weighted by Gasteiger charge is -2.40. The van der Waals surface area contributed by atoms with Crippen molar-refractivity contribution >= 4 is 5.69 Å². The molecule has 3 atom stereocenters. The molecule has 1 aliphatic rings. The summed E-state index contributed by atoms with van der Waals surface area (Å²) in [4.78, 5) is 6.84. The molecule has 2 aromatic rings. The van der Waals surface area contributed by atoms with E-state index in [0.717, 1.165) is 23.5 Å². The number of oxazole rings is 1. The number of anilines is 1. The van der Waals surface area contributed by atoms with E-state index in [2.05, 4.69) is 54.3 Å². The summed E-state index contributed by atoms with van der Waals surface area (Å²) in [7, 11) is 2.21. The van der Waals surface area contributed by atoms with E-state index in [-0.39, 0.29) is 0 Å². The summed E-state index contributed by atoms with van der Waals surface area (Å²) in [5.41, 5.74) is 3.07. The standard InChI is InChI=1S/C18H25N3O/c1-12-10-21(4)14(3)8-17(12)20-16-7-5-6-15(9-16)18-19-13(2)11-22-18/h5-7,9,11-12,14,17,20H,8,10H2,1-4H3/t12-,14+,17-/m1/s1. The van der Waals surface area contributed by atoms with E-state index >= 15 is 0 Å². The highest BCUT2D eigenvalue weighted by atomic mass is 16.3. The lowest BCUT2D eigenvalue weighted by atomic mass is 9.89. The highest BCUT2D eigenvalue weighted by Crippen LogP contribution is 2.27. The lowest BCUT2D eigenvalue weighted by molar-refractivity contribution is 0.145. The van der Waals surface area contributed by atoms with Crippen molar-refractivity contribution in [1.29, 1.82) is 0 Å². The van der Waals surface area contributed by atoms with Crippen molar-refractivity contribution in [3.63, 3.8) is 0 Å². The van der Waals surface area contributed by atoms with Gasteiger partial charge >= 0.3 is 0 Å². The normalized spacial score (nSPS) is 26.1. The number of likely N-dealkylation sites (tertiary alicyclic amines) is 1. The van der Waals surface area contributed by atoms with Crippen molar-refractivity contribution in [2.45, 2.75) is 39.3 Å². The van der Waals surface area contributed by atoms with Crippen LogP contribution >= 0.6 is 0 Å². The van der Waals surface area contributed by atoms with Gasteiger partial charge in [-0.05, 0) is 51.4 Å². The Morgan fingerprint density at radius 2 is 2.14 bits per heavy atom. The first-order valence-electron chi connectivity index (χ1n) is 8.02. The van der Waals surface area contributed by atoms with Crippen LogP contribution in [-0.4, -0.2) is 35.6 Å². The molecular weight excluding hydrogens is 274 g/mol. The third-order valence-corrected chi connectivity index (χ3v) is 4.69. The van der Waals surface area contributed by atoms with Crippen molar-refractivity contribution in [1.82, 2.24) is 9.88 Å². The van der Waals surface area contributed by atoms with E-state index < -0.39 is 0 Å². The first-order chi connectivity index (χ1) is 10.5. The van der Waals surface area contributed by atoms with Gasteiger partial charge in [0, 0.05) is 29.9 Å². The minimum Gasteiger partial charge on any atom is -0.444 e. The second-order valence-corrected chi connectivity index (χ2v) is 6.63. The summed E-state index contributed by atoms with van der Waals surface area (Å²) < 4.78 is 5.50. The van der Waals surface area contributed by atoms with E-state index in [4.69, 9.17) is 4.42 Å². The van der Waals surface area contributed by atoms with Gasteiger partial charge in [0.05, 0.1) is 5.69 Å². The Hall–Kier alpha value is -1.81. The molecule has 1 saturated heterocycles. The fourth-order valence-corrected chi connectivity index (χ4v) is 3.19. The summed E-state index contributed by atoms with van der Waals surface area (Å²) in [5, 5.41) is 3.70. The van der Waals surface area contributed by atoms with Crippen molar-refractivity contribution in [2.24, 2.45) is 5.92 Å². The van der Waals surface area contributed by atoms with Crippen molar-refractivity contribution < 1.29 is 4.42 Å². The summed E-state index contributed by atoms with van der Waals surface area (Å²) in [6, 6.07) is 9.46. The monoisotopic (exact) mass is 299 g/mol. The van der Waals surface area contributed by atoms with Gasteiger partial charge in [0.15, 0.2) is 0 Å². The van der Waals surface area contributed by atoms with E-state index in [0.29, 0.717) is 23.9 Å². The van der Waals surface area contributed by atoms with Crippen LogP contribution in [0.25, 0.3) is 11.5 Å². The summed E-state index contributed by atoms with van der Waals surface area (Å²) >= 11 is 0. The molecule has 1 aromatic heterocycles. The average Bonchev–Trinajstić information content (AvgIpc) is 2.92. The second-order valence-electron chi connectivity index (χ2n) is 6.63. The maximum absolute atomic E-state index is 5.50. The number of hydrogen-bond donors (Lipinski definition) is 1. The minimum absolute atomic E-state index is 0.507. The van der Waals surface area contributed by atoms with Gasteiger partial charge in [0.1, 0.15) is 6.26 Å². The smallest absolute Gasteiger partial charge is 0.226 e. The van der Waals surface area contributed by atoms with Gasteiger partial charge < -0.3 is 14.6 Å². The number of hydrogen-bond acceptors (Lipinski definition) is 4. The van der Waals surface area contributed by atoms with Gasteiger partial charge in [-0.2, -0.15) is 0 Å². The number of rotatable bonds is 3. The second kappa shape index (κ2) is 6.13. The molecule has 0 radical (unpaired) electrons. The molecule has 4 heteroatoms. The van der Waals surface area contributed by atoms with E-state index in [9.17, 15) is 0 Å². The maximum atomic E-state index is 5.50. The van der Waals surface area contributed by atoms with Gasteiger partial charge in [0.25, 0.3) is 0 Å². The largest absolute Gasteiger partial charge is 0.444 e. The first kappa shape index (κ1) is 15.1. The number of benzene rings is 1. The molecule has 1 N–H and O–H groups in total. The molecule has 2 heterocycles. The zero-order valence-corrected chi connectivity index (χ0v) is 13.8. The molecule has 1 aliphatic heterocycles. The Morgan fingerprint density at radius 3 is 2.86 bits per heavy atom. The van der Waals surface area contributed by atoms with Crippen LogP contribution in [0.4, 0.5) is 5.69 Å². The Bertz CT molecular complexity index is 637. The number of piperidine rings is 1. The molecule has 0 spiro atoms. The maximum Gasteiger partial charge on any atom is 0.226 e. The fraction of sp³-hybridized carbons (Fsp3) is 0.500. The van der Waals surface area contributed by atoms with E-state index in [1.807, 2.05) is 13.0 Å². The minimum atomic E-state index is 0.507. The van der Waals surface area contributed by atoms with E-state index in [1.54, 1.807) is 6.26 Å². The van der Waals surface area contributed by atoms with Gasteiger partial charge in [0.2, 0.25) is 5.89 Å². The first-order valence-corrected chi connectivity index (χ1v) is 8.02. The quantitative estimate of drug-likeness (QED) is 0.936. The van der Waals surface area contributed by atoms with Gasteiger partial charge in [-0.1, -0.05) is 13.0 Å². The van der Waals surface area contributed by atoms with Crippen LogP contribution in [0.2, 0.25) is 0 Å². The number of nitrogens with one attached hydrogen (secondary N) is 1. The molecular formula is C18H25N3O. The molecule has 0 saturated carbocycles. The fourth-order valence-electron chi connectivity index (χ4n) is 3.19. The summed E-state index contributed by atoms with van der Waals surface area (Å²) in [6.07, 6.45) is 2.86. The highest BCUT2D eigenvalue weighted by Gasteiger charge is 2.28. The van der Waals surface area contributed by atoms with Crippen LogP contribution in [0, 0.1) is 12.8 Å². The molecule has 118 valence electrons. The zero-order valence-electron chi connectivity index (χ0n) is 13.8. The molecule has 1 fully saturated rings. The molecule has 4 nitrogen and oxygen atoms in total. The Balaban J connectivity index is 1.75. The number of aryl methyl sites for hydroxylation is 1. The van der Waals surface area contributed by atoms with Crippen LogP contribution in [0.5, 0.6) is 0 Å². The summed E-state index contributed by atoms with van der Waals surface area (Å²) in [6.45, 7) is 7.70. The van der Waals surface area contributed by atoms with Gasteiger partial charge in [-0.3, -0.25) is 0 Å². The topological polar surface area (TPSA) is 41.3 Å². The molecule has 0 aliphatic carbocycles. The van der Waals surface area contributed by atoms with Gasteiger partial charge in [-0.15, -0.1) is 0 Å². The Kier molecular flexibility index (Phi) is 4.21. The van der Waals surface area contributed by atoms with Crippen LogP contribution < -0.4 is 5.32 Å². The predicted molar refractivity (Wildman–Crippen MR) is 90.0 cm³/mol. The van der Waals surface area contributed by atoms with Crippen LogP contribution in [0.15, 0.2) is 34.9 Å². The summed E-state index contributed by atoms with van der Waals surface area (Å²) in [5.74, 6) is 1.32.